The number of rotatable bonds is 5. The van der Waals surface area contributed by atoms with E-state index in [9.17, 15) is 13.6 Å². The fraction of sp³-hybridized carbons (Fsp3) is 0.636. The lowest BCUT2D eigenvalue weighted by atomic mass is 10.1. The van der Waals surface area contributed by atoms with Crippen molar-refractivity contribution in [1.82, 2.24) is 15.3 Å². The Kier molecular flexibility index (Phi) is 4.38. The minimum atomic E-state index is -2.47. The number of alkyl halides is 2. The highest BCUT2D eigenvalue weighted by atomic mass is 19.3. The van der Waals surface area contributed by atoms with E-state index in [4.69, 9.17) is 4.74 Å². The molecule has 7 heteroatoms. The van der Waals surface area contributed by atoms with Gasteiger partial charge in [0.15, 0.2) is 0 Å². The van der Waals surface area contributed by atoms with E-state index in [0.717, 1.165) is 12.2 Å². The molecule has 1 aliphatic rings. The van der Waals surface area contributed by atoms with Gasteiger partial charge < -0.3 is 15.0 Å². The summed E-state index contributed by atoms with van der Waals surface area (Å²) >= 11 is 0. The van der Waals surface area contributed by atoms with Crippen LogP contribution in [0.5, 0.6) is 0 Å². The molecule has 0 spiro atoms. The summed E-state index contributed by atoms with van der Waals surface area (Å²) in [5.74, 6) is 0.495. The number of nitrogens with one attached hydrogen (secondary N) is 2. The lowest BCUT2D eigenvalue weighted by Gasteiger charge is -2.15. The lowest BCUT2D eigenvalue weighted by Crippen LogP contribution is -2.32. The summed E-state index contributed by atoms with van der Waals surface area (Å²) in [4.78, 5) is 18.7. The smallest absolute Gasteiger partial charge is 0.261 e. The van der Waals surface area contributed by atoms with Crippen molar-refractivity contribution in [3.63, 3.8) is 0 Å². The van der Waals surface area contributed by atoms with E-state index in [1.54, 1.807) is 0 Å². The van der Waals surface area contributed by atoms with Gasteiger partial charge in [0.25, 0.3) is 12.0 Å². The van der Waals surface area contributed by atoms with Crippen molar-refractivity contribution in [2.45, 2.75) is 25.8 Å². The topological polar surface area (TPSA) is 67.0 Å². The SMILES string of the molecule is O=c1[nH]c(CCOCC(F)F)nc2c1CNCC2. The maximum Gasteiger partial charge on any atom is 0.261 e. The molecule has 0 atom stereocenters. The number of H-pyrrole nitrogens is 1. The molecule has 0 radical (unpaired) electrons. The van der Waals surface area contributed by atoms with Crippen LogP contribution in [0, 0.1) is 0 Å². The van der Waals surface area contributed by atoms with Crippen LogP contribution in [0.15, 0.2) is 4.79 Å². The second-order valence-electron chi connectivity index (χ2n) is 4.08. The highest BCUT2D eigenvalue weighted by Crippen LogP contribution is 2.06. The maximum atomic E-state index is 11.8. The van der Waals surface area contributed by atoms with Crippen molar-refractivity contribution in [1.29, 1.82) is 0 Å². The number of halogens is 2. The molecule has 0 amide bonds. The molecule has 0 bridgehead atoms. The highest BCUT2D eigenvalue weighted by Gasteiger charge is 2.14. The summed E-state index contributed by atoms with van der Waals surface area (Å²) < 4.78 is 28.4. The summed E-state index contributed by atoms with van der Waals surface area (Å²) in [6.45, 7) is 0.869. The maximum absolute atomic E-state index is 11.8. The van der Waals surface area contributed by atoms with Gasteiger partial charge in [-0.1, -0.05) is 0 Å². The number of hydrogen-bond acceptors (Lipinski definition) is 4. The van der Waals surface area contributed by atoms with E-state index < -0.39 is 13.0 Å². The number of hydrogen-bond donors (Lipinski definition) is 2. The van der Waals surface area contributed by atoms with Crippen molar-refractivity contribution in [3.8, 4) is 0 Å². The molecule has 0 fully saturated rings. The first-order valence-corrected chi connectivity index (χ1v) is 5.84. The predicted octanol–water partition coefficient (Wildman–Crippen LogP) is 0.240. The fourth-order valence-corrected chi connectivity index (χ4v) is 1.86. The number of aromatic amines is 1. The Hall–Kier alpha value is -1.34. The van der Waals surface area contributed by atoms with Gasteiger partial charge in [-0.2, -0.15) is 0 Å². The fourth-order valence-electron chi connectivity index (χ4n) is 1.86. The van der Waals surface area contributed by atoms with Crippen LogP contribution >= 0.6 is 0 Å². The van der Waals surface area contributed by atoms with E-state index in [1.165, 1.54) is 0 Å². The molecule has 0 unspecified atom stereocenters. The van der Waals surface area contributed by atoms with Gasteiger partial charge in [0.1, 0.15) is 12.4 Å². The molecule has 0 aromatic carbocycles. The molecule has 2 N–H and O–H groups in total. The van der Waals surface area contributed by atoms with Crippen LogP contribution in [0.2, 0.25) is 0 Å². The molecule has 0 saturated carbocycles. The number of ether oxygens (including phenoxy) is 1. The third kappa shape index (κ3) is 3.33. The van der Waals surface area contributed by atoms with Crippen LogP contribution in [0.3, 0.4) is 0 Å². The van der Waals surface area contributed by atoms with Crippen molar-refractivity contribution in [3.05, 3.63) is 27.4 Å². The minimum Gasteiger partial charge on any atom is -0.375 e. The molecule has 1 aromatic rings. The molecule has 0 aliphatic carbocycles. The van der Waals surface area contributed by atoms with Gasteiger partial charge in [0.2, 0.25) is 0 Å². The Bertz CT molecular complexity index is 462. The standard InChI is InChI=1S/C11H15F2N3O2/c12-9(13)6-18-4-2-10-15-8-1-3-14-5-7(8)11(17)16-10/h9,14H,1-6H2,(H,15,16,17). The molecule has 100 valence electrons. The summed E-state index contributed by atoms with van der Waals surface area (Å²) in [6, 6.07) is 0. The van der Waals surface area contributed by atoms with Crippen molar-refractivity contribution in [2.24, 2.45) is 0 Å². The molecule has 2 rings (SSSR count). The van der Waals surface area contributed by atoms with Gasteiger partial charge in [-0.05, 0) is 0 Å². The second-order valence-corrected chi connectivity index (χ2v) is 4.08. The Morgan fingerprint density at radius 1 is 1.44 bits per heavy atom. The van der Waals surface area contributed by atoms with Gasteiger partial charge in [0, 0.05) is 25.9 Å². The van der Waals surface area contributed by atoms with Gasteiger partial charge in [-0.3, -0.25) is 4.79 Å². The van der Waals surface area contributed by atoms with E-state index in [2.05, 4.69) is 15.3 Å². The van der Waals surface area contributed by atoms with Gasteiger partial charge >= 0.3 is 0 Å². The Morgan fingerprint density at radius 3 is 3.06 bits per heavy atom. The molecule has 0 saturated heterocycles. The Morgan fingerprint density at radius 2 is 2.28 bits per heavy atom. The van der Waals surface area contributed by atoms with Crippen molar-refractivity contribution >= 4 is 0 Å². The highest BCUT2D eigenvalue weighted by molar-refractivity contribution is 5.20. The average Bonchev–Trinajstić information content (AvgIpc) is 2.35. The molecule has 1 aromatic heterocycles. The number of nitrogens with zero attached hydrogens (tertiary/aromatic N) is 1. The minimum absolute atomic E-state index is 0.129. The third-order valence-electron chi connectivity index (χ3n) is 2.72. The summed E-state index contributed by atoms with van der Waals surface area (Å²) in [5.41, 5.74) is 1.30. The van der Waals surface area contributed by atoms with Crippen LogP contribution in [-0.4, -0.2) is 36.2 Å². The monoisotopic (exact) mass is 259 g/mol. The first-order valence-electron chi connectivity index (χ1n) is 5.84. The quantitative estimate of drug-likeness (QED) is 0.743. The van der Waals surface area contributed by atoms with Gasteiger partial charge in [-0.15, -0.1) is 0 Å². The molecule has 1 aliphatic heterocycles. The van der Waals surface area contributed by atoms with Crippen LogP contribution in [-0.2, 0) is 24.1 Å². The van der Waals surface area contributed by atoms with E-state index in [-0.39, 0.29) is 12.2 Å². The van der Waals surface area contributed by atoms with Crippen LogP contribution in [0.25, 0.3) is 0 Å². The van der Waals surface area contributed by atoms with Crippen LogP contribution < -0.4 is 10.9 Å². The molecule has 2 heterocycles. The Balaban J connectivity index is 1.97. The lowest BCUT2D eigenvalue weighted by molar-refractivity contribution is 0.0182. The van der Waals surface area contributed by atoms with E-state index in [0.29, 0.717) is 30.8 Å². The molecule has 5 nitrogen and oxygen atoms in total. The van der Waals surface area contributed by atoms with Crippen molar-refractivity contribution < 1.29 is 13.5 Å². The van der Waals surface area contributed by atoms with E-state index in [1.807, 2.05) is 0 Å². The first kappa shape index (κ1) is 13.1. The van der Waals surface area contributed by atoms with Crippen LogP contribution in [0.4, 0.5) is 8.78 Å². The third-order valence-corrected chi connectivity index (χ3v) is 2.72. The van der Waals surface area contributed by atoms with Crippen LogP contribution in [0.1, 0.15) is 17.1 Å². The zero-order valence-corrected chi connectivity index (χ0v) is 9.84. The molecular formula is C11H15F2N3O2. The zero-order chi connectivity index (χ0) is 13.0. The largest absolute Gasteiger partial charge is 0.375 e. The van der Waals surface area contributed by atoms with Gasteiger partial charge in [-0.25, -0.2) is 13.8 Å². The number of aromatic nitrogens is 2. The first-order chi connectivity index (χ1) is 8.66. The summed E-state index contributed by atoms with van der Waals surface area (Å²) in [7, 11) is 0. The van der Waals surface area contributed by atoms with Crippen molar-refractivity contribution in [2.75, 3.05) is 19.8 Å². The zero-order valence-electron chi connectivity index (χ0n) is 9.84. The molecular weight excluding hydrogens is 244 g/mol. The average molecular weight is 259 g/mol. The second kappa shape index (κ2) is 6.01. The predicted molar refractivity (Wildman–Crippen MR) is 60.8 cm³/mol. The van der Waals surface area contributed by atoms with Gasteiger partial charge in [0.05, 0.1) is 17.9 Å². The summed E-state index contributed by atoms with van der Waals surface area (Å²) in [6.07, 6.45) is -1.42. The Labute approximate surface area is 103 Å². The van der Waals surface area contributed by atoms with E-state index >= 15 is 0 Å². The normalized spacial score (nSPS) is 14.8. The molecule has 18 heavy (non-hydrogen) atoms. The number of fused-ring (bicyclic) bond motifs is 1. The summed E-state index contributed by atoms with van der Waals surface area (Å²) in [5, 5.41) is 3.10.